The molecule has 2 saturated carbocycles. The van der Waals surface area contributed by atoms with Crippen LogP contribution in [0.25, 0.3) is 11.1 Å². The molecule has 184 valence electrons. The van der Waals surface area contributed by atoms with E-state index in [1.54, 1.807) is 0 Å². The van der Waals surface area contributed by atoms with Gasteiger partial charge in [0.05, 0.1) is 0 Å². The Labute approximate surface area is 203 Å². The molecular formula is C27H30N2O6. The normalized spacial score (nSPS) is 24.9. The summed E-state index contributed by atoms with van der Waals surface area (Å²) in [7, 11) is 0. The molecule has 5 rings (SSSR count). The lowest BCUT2D eigenvalue weighted by atomic mass is 9.71. The van der Waals surface area contributed by atoms with Crippen molar-refractivity contribution in [3.05, 3.63) is 59.7 Å². The number of carbonyl (C=O) groups is 3. The minimum absolute atomic E-state index is 0.00273. The molecular weight excluding hydrogens is 448 g/mol. The number of hydrogen-bond donors (Lipinski definition) is 4. The number of carboxylic acid groups (broad SMARTS) is 1. The number of rotatable bonds is 8. The van der Waals surface area contributed by atoms with Crippen LogP contribution in [0.5, 0.6) is 0 Å². The molecule has 0 aromatic heterocycles. The van der Waals surface area contributed by atoms with Crippen molar-refractivity contribution in [1.29, 1.82) is 0 Å². The molecule has 2 fully saturated rings. The topological polar surface area (TPSA) is 125 Å². The monoisotopic (exact) mass is 478 g/mol. The molecule has 35 heavy (non-hydrogen) atoms. The van der Waals surface area contributed by atoms with Gasteiger partial charge < -0.3 is 25.6 Å². The van der Waals surface area contributed by atoms with E-state index in [0.29, 0.717) is 18.8 Å². The number of carboxylic acids is 1. The molecule has 3 aliphatic rings. The number of hydrogen-bond acceptors (Lipinski definition) is 5. The molecule has 4 N–H and O–H groups in total. The maximum absolute atomic E-state index is 12.6. The second kappa shape index (κ2) is 9.70. The molecule has 8 heteroatoms. The van der Waals surface area contributed by atoms with E-state index in [2.05, 4.69) is 34.9 Å². The molecule has 5 atom stereocenters. The van der Waals surface area contributed by atoms with Crippen LogP contribution in [0.1, 0.15) is 42.7 Å². The lowest BCUT2D eigenvalue weighted by Crippen LogP contribution is -2.50. The zero-order valence-corrected chi connectivity index (χ0v) is 19.4. The quantitative estimate of drug-likeness (QED) is 0.462. The Morgan fingerprint density at radius 2 is 1.63 bits per heavy atom. The van der Waals surface area contributed by atoms with E-state index < -0.39 is 18.1 Å². The van der Waals surface area contributed by atoms with Gasteiger partial charge in [-0.15, -0.1) is 0 Å². The minimum Gasteiger partial charge on any atom is -0.480 e. The Balaban J connectivity index is 1.13. The Morgan fingerprint density at radius 3 is 2.26 bits per heavy atom. The standard InChI is InChI=1S/C27H30N2O6/c30-10-9-23(26(32)33)28-25(31)16-11-15-13-24(21(15)12-16)29-27(34)35-14-22-19-7-3-1-5-17(19)18-6-2-4-8-20(18)22/h1-8,15-16,21-24,30H,9-14H2,(H,28,31)(H,29,34)(H,32,33)/t15-,16?,21-,23?,24+/m1/s1. The van der Waals surface area contributed by atoms with Gasteiger partial charge in [0.1, 0.15) is 12.6 Å². The summed E-state index contributed by atoms with van der Waals surface area (Å²) < 4.78 is 5.66. The van der Waals surface area contributed by atoms with Crippen LogP contribution in [0.3, 0.4) is 0 Å². The SMILES string of the molecule is O=C(N[C@H]1C[C@H]2CC(C(=O)NC(CCO)C(=O)O)C[C@H]21)OCC1c2ccccc2-c2ccccc21. The van der Waals surface area contributed by atoms with Gasteiger partial charge in [0, 0.05) is 30.9 Å². The number of ether oxygens (including phenoxy) is 1. The number of aliphatic hydroxyl groups is 1. The predicted molar refractivity (Wildman–Crippen MR) is 128 cm³/mol. The van der Waals surface area contributed by atoms with Crippen LogP contribution in [-0.2, 0) is 14.3 Å². The first-order chi connectivity index (χ1) is 17.0. The van der Waals surface area contributed by atoms with Crippen LogP contribution < -0.4 is 10.6 Å². The molecule has 0 radical (unpaired) electrons. The maximum Gasteiger partial charge on any atom is 0.407 e. The molecule has 3 aliphatic carbocycles. The van der Waals surface area contributed by atoms with Crippen LogP contribution in [0.4, 0.5) is 4.79 Å². The van der Waals surface area contributed by atoms with Gasteiger partial charge in [-0.05, 0) is 53.4 Å². The number of alkyl carbamates (subject to hydrolysis) is 1. The second-order valence-electron chi connectivity index (χ2n) is 9.82. The molecule has 8 nitrogen and oxygen atoms in total. The van der Waals surface area contributed by atoms with Gasteiger partial charge in [0.2, 0.25) is 5.91 Å². The van der Waals surface area contributed by atoms with Gasteiger partial charge in [-0.3, -0.25) is 4.79 Å². The molecule has 0 bridgehead atoms. The van der Waals surface area contributed by atoms with Gasteiger partial charge in [0.25, 0.3) is 0 Å². The molecule has 0 aliphatic heterocycles. The Hall–Kier alpha value is -3.39. The molecule has 0 spiro atoms. The largest absolute Gasteiger partial charge is 0.480 e. The van der Waals surface area contributed by atoms with Gasteiger partial charge in [0.15, 0.2) is 0 Å². The molecule has 2 unspecified atom stereocenters. The van der Waals surface area contributed by atoms with Crippen LogP contribution in [-0.4, -0.2) is 53.5 Å². The van der Waals surface area contributed by atoms with Crippen LogP contribution in [0.2, 0.25) is 0 Å². The molecule has 2 aromatic rings. The highest BCUT2D eigenvalue weighted by Crippen LogP contribution is 2.50. The minimum atomic E-state index is -1.15. The zero-order valence-electron chi connectivity index (χ0n) is 19.4. The molecule has 2 aromatic carbocycles. The van der Waals surface area contributed by atoms with Crippen molar-refractivity contribution in [2.24, 2.45) is 17.8 Å². The molecule has 2 amide bonds. The highest BCUT2D eigenvalue weighted by molar-refractivity contribution is 5.85. The number of aliphatic carboxylic acids is 1. The summed E-state index contributed by atoms with van der Waals surface area (Å²) in [6.45, 7) is -0.0492. The van der Waals surface area contributed by atoms with Gasteiger partial charge in [-0.25, -0.2) is 9.59 Å². The zero-order chi connectivity index (χ0) is 24.5. The first-order valence-corrected chi connectivity index (χ1v) is 12.2. The van der Waals surface area contributed by atoms with Crippen molar-refractivity contribution < 1.29 is 29.3 Å². The summed E-state index contributed by atoms with van der Waals surface area (Å²) in [6.07, 6.45) is 1.61. The van der Waals surface area contributed by atoms with E-state index in [4.69, 9.17) is 9.84 Å². The maximum atomic E-state index is 12.6. The summed E-state index contributed by atoms with van der Waals surface area (Å²) in [5.74, 6) is -1.19. The van der Waals surface area contributed by atoms with E-state index in [1.807, 2.05) is 24.3 Å². The Kier molecular flexibility index (Phi) is 6.47. The van der Waals surface area contributed by atoms with Crippen molar-refractivity contribution >= 4 is 18.0 Å². The number of nitrogens with one attached hydrogen (secondary N) is 2. The summed E-state index contributed by atoms with van der Waals surface area (Å²) in [5, 5.41) is 23.7. The number of carbonyl (C=O) groups excluding carboxylic acids is 2. The molecule has 0 heterocycles. The molecule has 0 saturated heterocycles. The van der Waals surface area contributed by atoms with E-state index in [9.17, 15) is 19.5 Å². The van der Waals surface area contributed by atoms with Crippen molar-refractivity contribution in [3.8, 4) is 11.1 Å². The fourth-order valence-electron chi connectivity index (χ4n) is 6.07. The summed E-state index contributed by atoms with van der Waals surface area (Å²) in [5.41, 5.74) is 4.68. The Morgan fingerprint density at radius 1 is 0.971 bits per heavy atom. The van der Waals surface area contributed by atoms with Gasteiger partial charge >= 0.3 is 12.1 Å². The van der Waals surface area contributed by atoms with E-state index in [0.717, 1.165) is 17.5 Å². The predicted octanol–water partition coefficient (Wildman–Crippen LogP) is 2.89. The highest BCUT2D eigenvalue weighted by Gasteiger charge is 2.50. The average molecular weight is 479 g/mol. The van der Waals surface area contributed by atoms with Crippen molar-refractivity contribution in [2.75, 3.05) is 13.2 Å². The summed E-state index contributed by atoms with van der Waals surface area (Å²) in [4.78, 5) is 36.4. The summed E-state index contributed by atoms with van der Waals surface area (Å²) in [6, 6.07) is 15.3. The van der Waals surface area contributed by atoms with Crippen molar-refractivity contribution in [2.45, 2.75) is 43.7 Å². The van der Waals surface area contributed by atoms with Crippen LogP contribution in [0.15, 0.2) is 48.5 Å². The number of benzene rings is 2. The third kappa shape index (κ3) is 4.50. The average Bonchev–Trinajstić information content (AvgIpc) is 3.36. The number of amides is 2. The Bertz CT molecular complexity index is 1090. The fourth-order valence-corrected chi connectivity index (χ4v) is 6.07. The lowest BCUT2D eigenvalue weighted by molar-refractivity contribution is -0.142. The third-order valence-electron chi connectivity index (χ3n) is 7.87. The fraction of sp³-hybridized carbons (Fsp3) is 0.444. The number of fused-ring (bicyclic) bond motifs is 4. The number of aliphatic hydroxyl groups excluding tert-OH is 1. The first-order valence-electron chi connectivity index (χ1n) is 12.2. The van der Waals surface area contributed by atoms with Crippen molar-refractivity contribution in [3.63, 3.8) is 0 Å². The van der Waals surface area contributed by atoms with E-state index in [1.165, 1.54) is 11.1 Å². The van der Waals surface area contributed by atoms with Gasteiger partial charge in [-0.1, -0.05) is 48.5 Å². The summed E-state index contributed by atoms with van der Waals surface area (Å²) >= 11 is 0. The second-order valence-corrected chi connectivity index (χ2v) is 9.82. The third-order valence-corrected chi connectivity index (χ3v) is 7.87. The smallest absolute Gasteiger partial charge is 0.407 e. The van der Waals surface area contributed by atoms with Crippen LogP contribution >= 0.6 is 0 Å². The first kappa shape index (κ1) is 23.4. The lowest BCUT2D eigenvalue weighted by Gasteiger charge is -2.40. The highest BCUT2D eigenvalue weighted by atomic mass is 16.5. The van der Waals surface area contributed by atoms with Crippen molar-refractivity contribution in [1.82, 2.24) is 10.6 Å². The van der Waals surface area contributed by atoms with E-state index >= 15 is 0 Å². The van der Waals surface area contributed by atoms with Gasteiger partial charge in [-0.2, -0.15) is 0 Å². The van der Waals surface area contributed by atoms with Crippen LogP contribution in [0, 0.1) is 17.8 Å². The van der Waals surface area contributed by atoms with E-state index in [-0.39, 0.29) is 49.3 Å².